The molecule has 2 aliphatic carbocycles. The Kier molecular flexibility index (Phi) is 5.18. The highest BCUT2D eigenvalue weighted by Crippen LogP contribution is 2.42. The van der Waals surface area contributed by atoms with Crippen molar-refractivity contribution in [1.29, 1.82) is 0 Å². The van der Waals surface area contributed by atoms with Crippen LogP contribution in [0.5, 0.6) is 0 Å². The number of aryl methyl sites for hydroxylation is 2. The van der Waals surface area contributed by atoms with Gasteiger partial charge in [-0.2, -0.15) is 0 Å². The van der Waals surface area contributed by atoms with Gasteiger partial charge in [0.2, 0.25) is 0 Å². The van der Waals surface area contributed by atoms with Gasteiger partial charge in [-0.1, -0.05) is 78.4 Å². The van der Waals surface area contributed by atoms with E-state index in [2.05, 4.69) is 55.5 Å². The molecule has 0 atom stereocenters. The molecule has 7 rings (SSSR count). The minimum Gasteiger partial charge on any atom is -0.465 e. The third-order valence-corrected chi connectivity index (χ3v) is 8.17. The number of fused-ring (bicyclic) bond motifs is 6. The third-order valence-electron chi connectivity index (χ3n) is 8.17. The number of ether oxygens (including phenoxy) is 1. The highest BCUT2D eigenvalue weighted by atomic mass is 16.5. The van der Waals surface area contributed by atoms with Crippen molar-refractivity contribution in [2.24, 2.45) is 0 Å². The topological polar surface area (TPSA) is 43.4 Å². The highest BCUT2D eigenvalue weighted by molar-refractivity contribution is 6.22. The largest absolute Gasteiger partial charge is 0.465 e. The van der Waals surface area contributed by atoms with Gasteiger partial charge in [-0.15, -0.1) is 0 Å². The first kappa shape index (κ1) is 23.4. The summed E-state index contributed by atoms with van der Waals surface area (Å²) in [5, 5.41) is 0. The minimum atomic E-state index is -0.364. The van der Waals surface area contributed by atoms with E-state index >= 15 is 0 Å². The molecule has 0 N–H and O–H groups in total. The van der Waals surface area contributed by atoms with Gasteiger partial charge in [-0.3, -0.25) is 4.79 Å². The number of benzene rings is 5. The highest BCUT2D eigenvalue weighted by Gasteiger charge is 2.28. The van der Waals surface area contributed by atoms with Crippen molar-refractivity contribution in [2.45, 2.75) is 20.3 Å². The molecule has 0 unspecified atom stereocenters. The fraction of sp³-hybridized carbons (Fsp3) is 0.111. The van der Waals surface area contributed by atoms with Crippen molar-refractivity contribution in [3.05, 3.63) is 130 Å². The van der Waals surface area contributed by atoms with Crippen LogP contribution in [0.2, 0.25) is 0 Å². The summed E-state index contributed by atoms with van der Waals surface area (Å²) in [6.45, 7) is 4.02. The number of ketones is 1. The molecule has 5 aromatic carbocycles. The molecule has 2 aliphatic rings. The molecule has 0 aliphatic heterocycles. The van der Waals surface area contributed by atoms with E-state index in [4.69, 9.17) is 4.74 Å². The zero-order chi connectivity index (χ0) is 26.8. The van der Waals surface area contributed by atoms with E-state index in [0.29, 0.717) is 11.1 Å². The molecular formula is C36H26O3. The van der Waals surface area contributed by atoms with Crippen molar-refractivity contribution in [1.82, 2.24) is 0 Å². The molecule has 5 aromatic rings. The van der Waals surface area contributed by atoms with Gasteiger partial charge in [-0.25, -0.2) is 4.79 Å². The molecule has 0 saturated heterocycles. The molecule has 0 amide bonds. The molecule has 0 radical (unpaired) electrons. The Morgan fingerprint density at radius 3 is 1.74 bits per heavy atom. The Hall–Kier alpha value is -4.76. The van der Waals surface area contributed by atoms with Gasteiger partial charge in [0.05, 0.1) is 12.7 Å². The van der Waals surface area contributed by atoms with Gasteiger partial charge in [0.25, 0.3) is 0 Å². The normalized spacial score (nSPS) is 12.5. The summed E-state index contributed by atoms with van der Waals surface area (Å²) in [4.78, 5) is 25.8. The summed E-state index contributed by atoms with van der Waals surface area (Å²) in [6, 6.07) is 31.2. The van der Waals surface area contributed by atoms with Crippen LogP contribution in [0.4, 0.5) is 0 Å². The summed E-state index contributed by atoms with van der Waals surface area (Å²) in [5.41, 5.74) is 15.3. The van der Waals surface area contributed by atoms with Crippen molar-refractivity contribution in [2.75, 3.05) is 7.11 Å². The molecule has 3 nitrogen and oxygen atoms in total. The van der Waals surface area contributed by atoms with Crippen LogP contribution in [0.15, 0.2) is 91.0 Å². The SMILES string of the molecule is COC(=O)c1cc(-c2ccc3c(c2)C(=O)c2cc(-c4ccc5c(c4)Cc4cc(C)ccc4-5)ccc2-3)ccc1C. The first-order chi connectivity index (χ1) is 18.9. The molecule has 0 fully saturated rings. The van der Waals surface area contributed by atoms with E-state index in [1.807, 2.05) is 49.4 Å². The molecule has 3 heteroatoms. The van der Waals surface area contributed by atoms with E-state index in [9.17, 15) is 9.59 Å². The van der Waals surface area contributed by atoms with Crippen molar-refractivity contribution in [3.8, 4) is 44.5 Å². The van der Waals surface area contributed by atoms with Gasteiger partial charge < -0.3 is 4.74 Å². The standard InChI is InChI=1S/C36H26O3/c1-20-4-10-28-26(14-20)16-27-15-22(7-11-29(27)28)24-8-12-30-31-13-9-25(19-34(31)35(37)33(30)18-24)23-6-5-21(2)32(17-23)36(38)39-3/h4-15,17-19H,16H2,1-3H3. The maximum atomic E-state index is 13.6. The number of hydrogen-bond donors (Lipinski definition) is 0. The summed E-state index contributed by atoms with van der Waals surface area (Å²) >= 11 is 0. The van der Waals surface area contributed by atoms with Gasteiger partial charge in [-0.05, 0) is 99.7 Å². The average Bonchev–Trinajstić information content (AvgIpc) is 3.46. The van der Waals surface area contributed by atoms with E-state index in [1.54, 1.807) is 0 Å². The number of carbonyl (C=O) groups excluding carboxylic acids is 2. The fourth-order valence-corrected chi connectivity index (χ4v) is 6.09. The van der Waals surface area contributed by atoms with Crippen LogP contribution in [0.1, 0.15) is 48.5 Å². The Morgan fingerprint density at radius 1 is 0.590 bits per heavy atom. The molecule has 0 heterocycles. The zero-order valence-corrected chi connectivity index (χ0v) is 22.1. The fourth-order valence-electron chi connectivity index (χ4n) is 6.09. The maximum absolute atomic E-state index is 13.6. The Balaban J connectivity index is 1.23. The van der Waals surface area contributed by atoms with E-state index < -0.39 is 0 Å². The predicted octanol–water partition coefficient (Wildman–Crippen LogP) is 8.21. The maximum Gasteiger partial charge on any atom is 0.338 e. The first-order valence-corrected chi connectivity index (χ1v) is 13.2. The third kappa shape index (κ3) is 3.65. The second kappa shape index (κ2) is 8.64. The smallest absolute Gasteiger partial charge is 0.338 e. The first-order valence-electron chi connectivity index (χ1n) is 13.2. The van der Waals surface area contributed by atoms with Crippen LogP contribution in [-0.2, 0) is 11.2 Å². The zero-order valence-electron chi connectivity index (χ0n) is 22.1. The van der Waals surface area contributed by atoms with E-state index in [0.717, 1.165) is 50.9 Å². The lowest BCUT2D eigenvalue weighted by atomic mass is 9.95. The van der Waals surface area contributed by atoms with Crippen LogP contribution in [0, 0.1) is 13.8 Å². The van der Waals surface area contributed by atoms with Crippen LogP contribution < -0.4 is 0 Å². The number of hydrogen-bond acceptors (Lipinski definition) is 3. The molecule has 0 bridgehead atoms. The lowest BCUT2D eigenvalue weighted by molar-refractivity contribution is 0.0600. The molecule has 188 valence electrons. The van der Waals surface area contributed by atoms with Gasteiger partial charge in [0, 0.05) is 11.1 Å². The van der Waals surface area contributed by atoms with Crippen LogP contribution >= 0.6 is 0 Å². The second-order valence-electron chi connectivity index (χ2n) is 10.6. The number of esters is 1. The van der Waals surface area contributed by atoms with Crippen molar-refractivity contribution >= 4 is 11.8 Å². The average molecular weight is 507 g/mol. The number of methoxy groups -OCH3 is 1. The predicted molar refractivity (Wildman–Crippen MR) is 155 cm³/mol. The van der Waals surface area contributed by atoms with Crippen LogP contribution in [-0.4, -0.2) is 18.9 Å². The lowest BCUT2D eigenvalue weighted by Crippen LogP contribution is -2.04. The molecular weight excluding hydrogens is 480 g/mol. The van der Waals surface area contributed by atoms with Crippen molar-refractivity contribution in [3.63, 3.8) is 0 Å². The quantitative estimate of drug-likeness (QED) is 0.227. The molecule has 0 spiro atoms. The Bertz CT molecular complexity index is 1880. The van der Waals surface area contributed by atoms with E-state index in [-0.39, 0.29) is 11.8 Å². The van der Waals surface area contributed by atoms with E-state index in [1.165, 1.54) is 34.9 Å². The second-order valence-corrected chi connectivity index (χ2v) is 10.6. The molecule has 0 aromatic heterocycles. The Morgan fingerprint density at radius 2 is 1.10 bits per heavy atom. The number of rotatable bonds is 3. The summed E-state index contributed by atoms with van der Waals surface area (Å²) < 4.78 is 4.94. The van der Waals surface area contributed by atoms with Crippen LogP contribution in [0.25, 0.3) is 44.5 Å². The van der Waals surface area contributed by atoms with Crippen LogP contribution in [0.3, 0.4) is 0 Å². The van der Waals surface area contributed by atoms with Gasteiger partial charge in [0.15, 0.2) is 5.78 Å². The summed E-state index contributed by atoms with van der Waals surface area (Å²) in [6.07, 6.45) is 0.939. The van der Waals surface area contributed by atoms with Gasteiger partial charge >= 0.3 is 5.97 Å². The van der Waals surface area contributed by atoms with Crippen molar-refractivity contribution < 1.29 is 14.3 Å². The summed E-state index contributed by atoms with van der Waals surface area (Å²) in [7, 11) is 1.39. The monoisotopic (exact) mass is 506 g/mol. The lowest BCUT2D eigenvalue weighted by Gasteiger charge is -2.09. The molecule has 39 heavy (non-hydrogen) atoms. The summed E-state index contributed by atoms with van der Waals surface area (Å²) in [5.74, 6) is -0.329. The van der Waals surface area contributed by atoms with Gasteiger partial charge in [0.1, 0.15) is 0 Å². The Labute approximate surface area is 227 Å². The minimum absolute atomic E-state index is 0.0352. The molecule has 0 saturated carbocycles. The number of carbonyl (C=O) groups is 2.